The molecule has 6 heteroatoms. The molecule has 2 atom stereocenters. The third-order valence-electron chi connectivity index (χ3n) is 6.56. The van der Waals surface area contributed by atoms with Gasteiger partial charge >= 0.3 is 0 Å². The number of nitrogens with one attached hydrogen (secondary N) is 3. The van der Waals surface area contributed by atoms with Gasteiger partial charge in [0, 0.05) is 37.3 Å². The molecule has 2 aromatic rings. The first-order chi connectivity index (χ1) is 13.9. The van der Waals surface area contributed by atoms with Gasteiger partial charge in [0.1, 0.15) is 5.56 Å². The van der Waals surface area contributed by atoms with Crippen LogP contribution in [0.5, 0.6) is 0 Å². The number of benzene rings is 1. The molecule has 0 radical (unpaired) electrons. The number of piperidine rings is 1. The number of amides is 1. The summed E-state index contributed by atoms with van der Waals surface area (Å²) in [4.78, 5) is 29.8. The molecule has 2 aliphatic heterocycles. The van der Waals surface area contributed by atoms with E-state index in [1.807, 2.05) is 18.7 Å². The van der Waals surface area contributed by atoms with Crippen molar-refractivity contribution in [2.24, 2.45) is 5.92 Å². The van der Waals surface area contributed by atoms with Crippen molar-refractivity contribution >= 4 is 5.91 Å². The molecule has 29 heavy (non-hydrogen) atoms. The maximum atomic E-state index is 12.9. The van der Waals surface area contributed by atoms with Crippen LogP contribution >= 0.6 is 0 Å². The fourth-order valence-electron chi connectivity index (χ4n) is 4.70. The van der Waals surface area contributed by atoms with Crippen molar-refractivity contribution in [3.05, 3.63) is 68.6 Å². The Bertz CT molecular complexity index is 960. The predicted molar refractivity (Wildman–Crippen MR) is 114 cm³/mol. The fourth-order valence-corrected chi connectivity index (χ4v) is 4.70. The molecular formula is C23H30N4O2. The molecule has 1 aromatic heterocycles. The number of carbonyl (C=O) groups excluding carboxylic acids is 1. The van der Waals surface area contributed by atoms with Crippen LogP contribution in [-0.4, -0.2) is 41.5 Å². The summed E-state index contributed by atoms with van der Waals surface area (Å²) in [5.74, 6) is 0.780. The van der Waals surface area contributed by atoms with E-state index >= 15 is 0 Å². The van der Waals surface area contributed by atoms with E-state index in [4.69, 9.17) is 0 Å². The number of H-pyrrole nitrogens is 1. The number of aromatic amines is 1. The second-order valence-corrected chi connectivity index (χ2v) is 8.52. The average molecular weight is 395 g/mol. The second kappa shape index (κ2) is 8.13. The lowest BCUT2D eigenvalue weighted by Crippen LogP contribution is -2.46. The number of nitrogens with zero attached hydrogens (tertiary/aromatic N) is 1. The molecule has 1 aromatic carbocycles. The summed E-state index contributed by atoms with van der Waals surface area (Å²) in [5.41, 5.74) is 11.2. The predicted octanol–water partition coefficient (Wildman–Crippen LogP) is 2.41. The molecule has 0 saturated carbocycles. The van der Waals surface area contributed by atoms with Crippen molar-refractivity contribution < 1.29 is 4.79 Å². The van der Waals surface area contributed by atoms with Gasteiger partial charge in [0.25, 0.3) is 11.5 Å². The normalized spacial score (nSPS) is 22.8. The lowest BCUT2D eigenvalue weighted by Gasteiger charge is -2.36. The molecular weight excluding hydrogens is 364 g/mol. The highest BCUT2D eigenvalue weighted by atomic mass is 16.2. The van der Waals surface area contributed by atoms with E-state index in [9.17, 15) is 9.59 Å². The molecule has 154 valence electrons. The highest BCUT2D eigenvalue weighted by Gasteiger charge is 2.37. The Kier molecular flexibility index (Phi) is 5.56. The minimum atomic E-state index is -0.290. The van der Waals surface area contributed by atoms with E-state index in [1.165, 1.54) is 11.1 Å². The van der Waals surface area contributed by atoms with Crippen LogP contribution in [0.2, 0.25) is 0 Å². The number of aromatic nitrogens is 1. The van der Waals surface area contributed by atoms with Crippen molar-refractivity contribution in [3.8, 4) is 0 Å². The Morgan fingerprint density at radius 2 is 1.86 bits per heavy atom. The maximum Gasteiger partial charge on any atom is 0.261 e. The molecule has 1 amide bonds. The van der Waals surface area contributed by atoms with Crippen LogP contribution < -0.4 is 16.4 Å². The van der Waals surface area contributed by atoms with Gasteiger partial charge in [-0.3, -0.25) is 20.4 Å². The Morgan fingerprint density at radius 3 is 2.59 bits per heavy atom. The van der Waals surface area contributed by atoms with Crippen LogP contribution in [0, 0.1) is 26.7 Å². The second-order valence-electron chi connectivity index (χ2n) is 8.52. The number of rotatable bonds is 3. The zero-order valence-electron chi connectivity index (χ0n) is 17.4. The number of pyridine rings is 1. The summed E-state index contributed by atoms with van der Waals surface area (Å²) < 4.78 is 0. The van der Waals surface area contributed by atoms with Gasteiger partial charge in [-0.25, -0.2) is 0 Å². The third kappa shape index (κ3) is 4.00. The summed E-state index contributed by atoms with van der Waals surface area (Å²) >= 11 is 0. The van der Waals surface area contributed by atoms with Gasteiger partial charge in [0.2, 0.25) is 0 Å². The SMILES string of the molecule is Cc1cccc(C2CNNC2C2CCN(C(=O)c3cc(C)c(C)[nH]c3=O)CC2)c1. The molecule has 2 saturated heterocycles. The van der Waals surface area contributed by atoms with E-state index in [0.29, 0.717) is 31.0 Å². The van der Waals surface area contributed by atoms with Gasteiger partial charge in [-0.2, -0.15) is 0 Å². The Labute approximate surface area is 171 Å². The summed E-state index contributed by atoms with van der Waals surface area (Å²) in [7, 11) is 0. The zero-order chi connectivity index (χ0) is 20.5. The van der Waals surface area contributed by atoms with Gasteiger partial charge in [-0.05, 0) is 56.7 Å². The van der Waals surface area contributed by atoms with Crippen LogP contribution in [0.25, 0.3) is 0 Å². The number of likely N-dealkylation sites (tertiary alicyclic amines) is 1. The average Bonchev–Trinajstić information content (AvgIpc) is 3.20. The van der Waals surface area contributed by atoms with E-state index in [1.54, 1.807) is 6.07 Å². The summed E-state index contributed by atoms with van der Waals surface area (Å²) in [6.45, 7) is 8.20. The number of hydrogen-bond acceptors (Lipinski definition) is 4. The number of carbonyl (C=O) groups is 1. The molecule has 2 unspecified atom stereocenters. The topological polar surface area (TPSA) is 77.2 Å². The molecule has 2 aliphatic rings. The van der Waals surface area contributed by atoms with E-state index in [-0.39, 0.29) is 17.0 Å². The number of hydrazine groups is 1. The Hall–Kier alpha value is -2.44. The van der Waals surface area contributed by atoms with Crippen LogP contribution in [0.4, 0.5) is 0 Å². The Balaban J connectivity index is 1.43. The molecule has 4 rings (SSSR count). The molecule has 3 heterocycles. The molecule has 0 aliphatic carbocycles. The van der Waals surface area contributed by atoms with Crippen LogP contribution in [-0.2, 0) is 0 Å². The molecule has 0 bridgehead atoms. The summed E-state index contributed by atoms with van der Waals surface area (Å²) in [6.07, 6.45) is 1.88. The van der Waals surface area contributed by atoms with Gasteiger partial charge in [0.15, 0.2) is 0 Å². The maximum absolute atomic E-state index is 12.9. The van der Waals surface area contributed by atoms with Gasteiger partial charge in [0.05, 0.1) is 0 Å². The minimum absolute atomic E-state index is 0.152. The van der Waals surface area contributed by atoms with E-state index in [0.717, 1.165) is 30.6 Å². The molecule has 0 spiro atoms. The molecule has 2 fully saturated rings. The monoisotopic (exact) mass is 394 g/mol. The fraction of sp³-hybridized carbons (Fsp3) is 0.478. The lowest BCUT2D eigenvalue weighted by atomic mass is 9.80. The quantitative estimate of drug-likeness (QED) is 0.747. The number of aryl methyl sites for hydroxylation is 3. The van der Waals surface area contributed by atoms with Gasteiger partial charge in [-0.1, -0.05) is 29.8 Å². The zero-order valence-corrected chi connectivity index (χ0v) is 17.4. The standard InChI is InChI=1S/C23H30N4O2/c1-14-5-4-6-18(11-14)20-13-24-26-21(20)17-7-9-27(10-8-17)23(29)19-12-15(2)16(3)25-22(19)28/h4-6,11-12,17,20-21,24,26H,7-10,13H2,1-3H3,(H,25,28). The van der Waals surface area contributed by atoms with Crippen molar-refractivity contribution in [3.63, 3.8) is 0 Å². The molecule has 6 nitrogen and oxygen atoms in total. The largest absolute Gasteiger partial charge is 0.338 e. The third-order valence-corrected chi connectivity index (χ3v) is 6.56. The first-order valence-electron chi connectivity index (χ1n) is 10.5. The Morgan fingerprint density at radius 1 is 1.10 bits per heavy atom. The van der Waals surface area contributed by atoms with Gasteiger partial charge < -0.3 is 9.88 Å². The van der Waals surface area contributed by atoms with Crippen molar-refractivity contribution in [2.75, 3.05) is 19.6 Å². The highest BCUT2D eigenvalue weighted by molar-refractivity contribution is 5.94. The first kappa shape index (κ1) is 19.9. The summed E-state index contributed by atoms with van der Waals surface area (Å²) in [5, 5.41) is 0. The minimum Gasteiger partial charge on any atom is -0.338 e. The van der Waals surface area contributed by atoms with Crippen molar-refractivity contribution in [1.29, 1.82) is 0 Å². The number of hydrogen-bond donors (Lipinski definition) is 3. The lowest BCUT2D eigenvalue weighted by molar-refractivity contribution is 0.0668. The van der Waals surface area contributed by atoms with Crippen molar-refractivity contribution in [1.82, 2.24) is 20.7 Å². The van der Waals surface area contributed by atoms with E-state index < -0.39 is 0 Å². The van der Waals surface area contributed by atoms with Crippen LogP contribution in [0.3, 0.4) is 0 Å². The van der Waals surface area contributed by atoms with Gasteiger partial charge in [-0.15, -0.1) is 0 Å². The smallest absolute Gasteiger partial charge is 0.261 e. The van der Waals surface area contributed by atoms with E-state index in [2.05, 4.69) is 47.0 Å². The summed E-state index contributed by atoms with van der Waals surface area (Å²) in [6, 6.07) is 10.8. The molecule has 3 N–H and O–H groups in total. The first-order valence-corrected chi connectivity index (χ1v) is 10.5. The van der Waals surface area contributed by atoms with Crippen LogP contribution in [0.1, 0.15) is 51.5 Å². The van der Waals surface area contributed by atoms with Crippen molar-refractivity contribution in [2.45, 2.75) is 45.6 Å². The highest BCUT2D eigenvalue weighted by Crippen LogP contribution is 2.32. The van der Waals surface area contributed by atoms with Crippen LogP contribution in [0.15, 0.2) is 35.1 Å².